The van der Waals surface area contributed by atoms with Crippen LogP contribution in [0.2, 0.25) is 5.02 Å². The van der Waals surface area contributed by atoms with Crippen molar-refractivity contribution in [3.05, 3.63) is 65.4 Å². The van der Waals surface area contributed by atoms with Gasteiger partial charge in [-0.2, -0.15) is 0 Å². The van der Waals surface area contributed by atoms with E-state index in [4.69, 9.17) is 16.3 Å². The van der Waals surface area contributed by atoms with Crippen molar-refractivity contribution in [1.82, 2.24) is 19.9 Å². The minimum absolute atomic E-state index is 0.190. The van der Waals surface area contributed by atoms with E-state index in [1.165, 1.54) is 4.68 Å². The number of halogens is 1. The van der Waals surface area contributed by atoms with Crippen molar-refractivity contribution in [1.29, 1.82) is 0 Å². The Balaban J connectivity index is 1.58. The number of carbonyl (C=O) groups is 3. The first-order valence-electron chi connectivity index (χ1n) is 9.08. The molecule has 4 rings (SSSR count). The van der Waals surface area contributed by atoms with E-state index < -0.39 is 17.8 Å². The van der Waals surface area contributed by atoms with Gasteiger partial charge < -0.3 is 4.74 Å². The number of hydrogen-bond acceptors (Lipinski definition) is 6. The maximum absolute atomic E-state index is 12.9. The summed E-state index contributed by atoms with van der Waals surface area (Å²) in [6.07, 6.45) is 1.57. The third-order valence-electron chi connectivity index (χ3n) is 4.41. The highest BCUT2D eigenvalue weighted by Crippen LogP contribution is 2.32. The number of hydrogen-bond donors (Lipinski definition) is 0. The van der Waals surface area contributed by atoms with Gasteiger partial charge in [-0.1, -0.05) is 28.9 Å². The molecular formula is C20H16ClN5O4. The van der Waals surface area contributed by atoms with Crippen LogP contribution in [0.25, 0.3) is 5.69 Å². The second kappa shape index (κ2) is 7.96. The first-order valence-corrected chi connectivity index (χ1v) is 9.46. The van der Waals surface area contributed by atoms with Crippen LogP contribution in [-0.4, -0.2) is 44.3 Å². The molecule has 0 radical (unpaired) electrons. The predicted molar refractivity (Wildman–Crippen MR) is 107 cm³/mol. The molecule has 152 valence electrons. The Kier molecular flexibility index (Phi) is 5.20. The van der Waals surface area contributed by atoms with Crippen molar-refractivity contribution in [3.63, 3.8) is 0 Å². The van der Waals surface area contributed by atoms with E-state index in [1.807, 2.05) is 0 Å². The number of nitrogens with zero attached hydrogens (tertiary/aromatic N) is 5. The summed E-state index contributed by atoms with van der Waals surface area (Å²) in [5, 5.41) is 8.58. The molecule has 9 nitrogen and oxygen atoms in total. The van der Waals surface area contributed by atoms with Crippen molar-refractivity contribution in [3.8, 4) is 11.4 Å². The van der Waals surface area contributed by atoms with Crippen LogP contribution in [0.15, 0.2) is 54.7 Å². The summed E-state index contributed by atoms with van der Waals surface area (Å²) >= 11 is 5.89. The topological polar surface area (TPSA) is 97.6 Å². The summed E-state index contributed by atoms with van der Waals surface area (Å²) in [5.74, 6) is -1.55. The van der Waals surface area contributed by atoms with Crippen molar-refractivity contribution < 1.29 is 19.1 Å². The molecular weight excluding hydrogens is 410 g/mol. The number of ether oxygens (including phenoxy) is 1. The first kappa shape index (κ1) is 19.6. The molecule has 1 saturated heterocycles. The quantitative estimate of drug-likeness (QED) is 0.445. The molecule has 1 aliphatic rings. The lowest BCUT2D eigenvalue weighted by atomic mass is 10.2. The second-order valence-corrected chi connectivity index (χ2v) is 6.78. The number of imide groups is 2. The van der Waals surface area contributed by atoms with Gasteiger partial charge in [-0.3, -0.25) is 9.59 Å². The fourth-order valence-corrected chi connectivity index (χ4v) is 3.16. The summed E-state index contributed by atoms with van der Waals surface area (Å²) in [7, 11) is 0. The standard InChI is InChI=1S/C20H16ClN5O4/c1-2-30-17-6-4-3-5-16(17)26-19(28)18(27)24(20(26)29)11-14-12-25(23-22-14)15-9-7-13(21)8-10-15/h3-10,12H,2,11H2,1H3. The highest BCUT2D eigenvalue weighted by Gasteiger charge is 2.46. The molecule has 30 heavy (non-hydrogen) atoms. The maximum Gasteiger partial charge on any atom is 0.339 e. The molecule has 0 spiro atoms. The fraction of sp³-hybridized carbons (Fsp3) is 0.150. The molecule has 0 unspecified atom stereocenters. The number of aromatic nitrogens is 3. The van der Waals surface area contributed by atoms with Gasteiger partial charge in [0.15, 0.2) is 0 Å². The highest BCUT2D eigenvalue weighted by atomic mass is 35.5. The summed E-state index contributed by atoms with van der Waals surface area (Å²) in [5.41, 5.74) is 1.27. The van der Waals surface area contributed by atoms with Gasteiger partial charge in [-0.15, -0.1) is 5.10 Å². The lowest BCUT2D eigenvalue weighted by Crippen LogP contribution is -2.33. The Morgan fingerprint density at radius 2 is 1.73 bits per heavy atom. The minimum Gasteiger partial charge on any atom is -0.492 e. The SMILES string of the molecule is CCOc1ccccc1N1C(=O)C(=O)N(Cc2cn(-c3ccc(Cl)cc3)nn2)C1=O. The normalized spacial score (nSPS) is 14.0. The van der Waals surface area contributed by atoms with E-state index in [-0.39, 0.29) is 12.2 Å². The van der Waals surface area contributed by atoms with Crippen molar-refractivity contribution in [2.75, 3.05) is 11.5 Å². The fourth-order valence-electron chi connectivity index (χ4n) is 3.03. The van der Waals surface area contributed by atoms with Crippen LogP contribution in [0, 0.1) is 0 Å². The third-order valence-corrected chi connectivity index (χ3v) is 4.66. The van der Waals surface area contributed by atoms with Crippen LogP contribution in [-0.2, 0) is 16.1 Å². The number of benzene rings is 2. The molecule has 0 atom stereocenters. The van der Waals surface area contributed by atoms with Gasteiger partial charge in [0.25, 0.3) is 0 Å². The van der Waals surface area contributed by atoms with Crippen LogP contribution >= 0.6 is 11.6 Å². The molecule has 0 saturated carbocycles. The lowest BCUT2D eigenvalue weighted by molar-refractivity contribution is -0.139. The highest BCUT2D eigenvalue weighted by molar-refractivity contribution is 6.52. The Morgan fingerprint density at radius 3 is 2.47 bits per heavy atom. The molecule has 1 aromatic heterocycles. The van der Waals surface area contributed by atoms with Crippen molar-refractivity contribution in [2.24, 2.45) is 0 Å². The third kappa shape index (κ3) is 3.50. The largest absolute Gasteiger partial charge is 0.492 e. The van der Waals surface area contributed by atoms with Crippen LogP contribution in [0.4, 0.5) is 10.5 Å². The van der Waals surface area contributed by atoms with E-state index in [0.29, 0.717) is 28.8 Å². The summed E-state index contributed by atoms with van der Waals surface area (Å²) < 4.78 is 6.97. The van der Waals surface area contributed by atoms with Gasteiger partial charge in [-0.05, 0) is 43.3 Å². The number of rotatable bonds is 6. The Bertz CT molecular complexity index is 1130. The molecule has 10 heteroatoms. The summed E-state index contributed by atoms with van der Waals surface area (Å²) in [4.78, 5) is 39.6. The van der Waals surface area contributed by atoms with Crippen molar-refractivity contribution >= 4 is 35.1 Å². The van der Waals surface area contributed by atoms with E-state index in [2.05, 4.69) is 10.3 Å². The number of anilines is 1. The molecule has 0 N–H and O–H groups in total. The lowest BCUT2D eigenvalue weighted by Gasteiger charge is -2.17. The zero-order valence-electron chi connectivity index (χ0n) is 15.9. The number of carbonyl (C=O) groups excluding carboxylic acids is 3. The van der Waals surface area contributed by atoms with Crippen LogP contribution in [0.3, 0.4) is 0 Å². The van der Waals surface area contributed by atoms with Gasteiger partial charge in [0, 0.05) is 5.02 Å². The average molecular weight is 426 g/mol. The summed E-state index contributed by atoms with van der Waals surface area (Å²) in [6.45, 7) is 1.94. The molecule has 4 amide bonds. The molecule has 1 aliphatic heterocycles. The molecule has 3 aromatic rings. The predicted octanol–water partition coefficient (Wildman–Crippen LogP) is 2.81. The van der Waals surface area contributed by atoms with E-state index in [9.17, 15) is 14.4 Å². The van der Waals surface area contributed by atoms with Crippen LogP contribution in [0.5, 0.6) is 5.75 Å². The number of amides is 4. The smallest absolute Gasteiger partial charge is 0.339 e. The zero-order valence-corrected chi connectivity index (χ0v) is 16.6. The van der Waals surface area contributed by atoms with E-state index >= 15 is 0 Å². The van der Waals surface area contributed by atoms with E-state index in [0.717, 1.165) is 9.80 Å². The van der Waals surface area contributed by atoms with Gasteiger partial charge in [0.1, 0.15) is 11.4 Å². The monoisotopic (exact) mass is 425 g/mol. The van der Waals surface area contributed by atoms with Gasteiger partial charge >= 0.3 is 17.8 Å². The Morgan fingerprint density at radius 1 is 1.00 bits per heavy atom. The average Bonchev–Trinajstić information content (AvgIpc) is 3.29. The first-order chi connectivity index (χ1) is 14.5. The molecule has 0 aliphatic carbocycles. The van der Waals surface area contributed by atoms with Gasteiger partial charge in [0.05, 0.1) is 30.7 Å². The number of urea groups is 1. The maximum atomic E-state index is 12.9. The van der Waals surface area contributed by atoms with Gasteiger partial charge in [-0.25, -0.2) is 19.3 Å². The van der Waals surface area contributed by atoms with E-state index in [1.54, 1.807) is 61.7 Å². The van der Waals surface area contributed by atoms with Gasteiger partial charge in [0.2, 0.25) is 0 Å². The molecule has 2 heterocycles. The van der Waals surface area contributed by atoms with Crippen LogP contribution in [0.1, 0.15) is 12.6 Å². The van der Waals surface area contributed by atoms with Crippen LogP contribution < -0.4 is 9.64 Å². The Labute approximate surface area is 176 Å². The number of para-hydroxylation sites is 2. The van der Waals surface area contributed by atoms with Crippen molar-refractivity contribution in [2.45, 2.75) is 13.5 Å². The second-order valence-electron chi connectivity index (χ2n) is 6.35. The summed E-state index contributed by atoms with van der Waals surface area (Å²) in [6, 6.07) is 12.7. The Hall–Kier alpha value is -3.72. The molecule has 0 bridgehead atoms. The molecule has 1 fully saturated rings. The zero-order chi connectivity index (χ0) is 21.3. The molecule has 2 aromatic carbocycles. The minimum atomic E-state index is -0.947.